The zero-order valence-corrected chi connectivity index (χ0v) is 7.93. The van der Waals surface area contributed by atoms with Crippen LogP contribution in [0.2, 0.25) is 5.02 Å². The Kier molecular flexibility index (Phi) is 2.02. The fraction of sp³-hybridized carbons (Fsp3) is 0.200. The summed E-state index contributed by atoms with van der Waals surface area (Å²) in [5, 5.41) is 10.6. The average Bonchev–Trinajstić information content (AvgIpc) is 2.48. The summed E-state index contributed by atoms with van der Waals surface area (Å²) in [4.78, 5) is 0. The maximum atomic E-state index is 9.03. The molecule has 2 nitrogen and oxygen atoms in total. The van der Waals surface area contributed by atoms with E-state index in [0.29, 0.717) is 10.6 Å². The lowest BCUT2D eigenvalue weighted by molar-refractivity contribution is 0.281. The van der Waals surface area contributed by atoms with Gasteiger partial charge in [-0.05, 0) is 19.1 Å². The molecule has 1 aromatic carbocycles. The summed E-state index contributed by atoms with van der Waals surface area (Å²) < 4.78 is 5.43. The van der Waals surface area contributed by atoms with E-state index in [0.717, 1.165) is 16.7 Å². The van der Waals surface area contributed by atoms with Gasteiger partial charge in [-0.25, -0.2) is 0 Å². The topological polar surface area (TPSA) is 33.4 Å². The SMILES string of the molecule is Cc1cc2c(Cl)ccc(CO)c2o1. The molecule has 68 valence electrons. The van der Waals surface area contributed by atoms with E-state index in [1.807, 2.05) is 13.0 Å². The number of aliphatic hydroxyl groups excluding tert-OH is 1. The molecule has 2 aromatic rings. The Morgan fingerprint density at radius 2 is 2.23 bits per heavy atom. The van der Waals surface area contributed by atoms with Crippen molar-refractivity contribution in [2.24, 2.45) is 0 Å². The van der Waals surface area contributed by atoms with Crippen molar-refractivity contribution in [3.63, 3.8) is 0 Å². The quantitative estimate of drug-likeness (QED) is 0.761. The maximum absolute atomic E-state index is 9.03. The lowest BCUT2D eigenvalue weighted by Crippen LogP contribution is -1.82. The van der Waals surface area contributed by atoms with E-state index in [1.54, 1.807) is 12.1 Å². The van der Waals surface area contributed by atoms with Crippen LogP contribution in [-0.4, -0.2) is 5.11 Å². The number of benzene rings is 1. The number of rotatable bonds is 1. The molecule has 0 aliphatic rings. The predicted octanol–water partition coefficient (Wildman–Crippen LogP) is 2.89. The molecule has 0 saturated heterocycles. The van der Waals surface area contributed by atoms with E-state index in [9.17, 15) is 0 Å². The van der Waals surface area contributed by atoms with E-state index in [-0.39, 0.29) is 6.61 Å². The number of hydrogen-bond donors (Lipinski definition) is 1. The number of halogens is 1. The molecule has 0 atom stereocenters. The monoisotopic (exact) mass is 196 g/mol. The first-order chi connectivity index (χ1) is 6.22. The van der Waals surface area contributed by atoms with Gasteiger partial charge in [-0.2, -0.15) is 0 Å². The number of fused-ring (bicyclic) bond motifs is 1. The molecule has 0 spiro atoms. The summed E-state index contributed by atoms with van der Waals surface area (Å²) >= 11 is 5.96. The molecule has 1 N–H and O–H groups in total. The molecule has 0 aliphatic heterocycles. The van der Waals surface area contributed by atoms with Crippen LogP contribution in [0.15, 0.2) is 22.6 Å². The first-order valence-electron chi connectivity index (χ1n) is 4.01. The van der Waals surface area contributed by atoms with Crippen LogP contribution in [0.1, 0.15) is 11.3 Å². The minimum Gasteiger partial charge on any atom is -0.461 e. The van der Waals surface area contributed by atoms with E-state index >= 15 is 0 Å². The zero-order valence-electron chi connectivity index (χ0n) is 7.17. The average molecular weight is 197 g/mol. The molecule has 0 unspecified atom stereocenters. The molecular formula is C10H9ClO2. The van der Waals surface area contributed by atoms with Crippen LogP contribution in [0.25, 0.3) is 11.0 Å². The molecule has 3 heteroatoms. The van der Waals surface area contributed by atoms with E-state index < -0.39 is 0 Å². The van der Waals surface area contributed by atoms with Crippen molar-refractivity contribution in [1.82, 2.24) is 0 Å². The van der Waals surface area contributed by atoms with Gasteiger partial charge in [0.25, 0.3) is 0 Å². The highest BCUT2D eigenvalue weighted by molar-refractivity contribution is 6.35. The van der Waals surface area contributed by atoms with Gasteiger partial charge in [0.15, 0.2) is 0 Å². The van der Waals surface area contributed by atoms with Crippen LogP contribution >= 0.6 is 11.6 Å². The second kappa shape index (κ2) is 3.05. The molecule has 2 rings (SSSR count). The minimum absolute atomic E-state index is 0.0272. The highest BCUT2D eigenvalue weighted by atomic mass is 35.5. The molecule has 1 aromatic heterocycles. The molecule has 0 aliphatic carbocycles. The third-order valence-electron chi connectivity index (χ3n) is 2.01. The van der Waals surface area contributed by atoms with Gasteiger partial charge in [-0.15, -0.1) is 0 Å². The van der Waals surface area contributed by atoms with Gasteiger partial charge in [0, 0.05) is 10.9 Å². The van der Waals surface area contributed by atoms with Crippen molar-refractivity contribution in [3.05, 3.63) is 34.5 Å². The Morgan fingerprint density at radius 1 is 1.46 bits per heavy atom. The highest BCUT2D eigenvalue weighted by Crippen LogP contribution is 2.29. The highest BCUT2D eigenvalue weighted by Gasteiger charge is 2.08. The minimum atomic E-state index is -0.0272. The second-order valence-corrected chi connectivity index (χ2v) is 3.37. The van der Waals surface area contributed by atoms with Crippen LogP contribution in [0.4, 0.5) is 0 Å². The third kappa shape index (κ3) is 1.32. The van der Waals surface area contributed by atoms with Crippen molar-refractivity contribution in [3.8, 4) is 0 Å². The van der Waals surface area contributed by atoms with E-state index in [1.165, 1.54) is 0 Å². The lowest BCUT2D eigenvalue weighted by Gasteiger charge is -1.98. The fourth-order valence-electron chi connectivity index (χ4n) is 1.39. The van der Waals surface area contributed by atoms with E-state index in [4.69, 9.17) is 21.1 Å². The smallest absolute Gasteiger partial charge is 0.141 e. The van der Waals surface area contributed by atoms with Crippen molar-refractivity contribution in [2.75, 3.05) is 0 Å². The molecule has 0 radical (unpaired) electrons. The van der Waals surface area contributed by atoms with Crippen LogP contribution in [0.3, 0.4) is 0 Å². The fourth-order valence-corrected chi connectivity index (χ4v) is 1.60. The van der Waals surface area contributed by atoms with Gasteiger partial charge in [0.2, 0.25) is 0 Å². The molecule has 0 amide bonds. The largest absolute Gasteiger partial charge is 0.461 e. The molecule has 1 heterocycles. The molecular weight excluding hydrogens is 188 g/mol. The summed E-state index contributed by atoms with van der Waals surface area (Å²) in [5.41, 5.74) is 1.46. The normalized spacial score (nSPS) is 11.0. The van der Waals surface area contributed by atoms with E-state index in [2.05, 4.69) is 0 Å². The third-order valence-corrected chi connectivity index (χ3v) is 2.34. The standard InChI is InChI=1S/C10H9ClO2/c1-6-4-8-9(11)3-2-7(5-12)10(8)13-6/h2-4,12H,5H2,1H3. The summed E-state index contributed by atoms with van der Waals surface area (Å²) in [5.74, 6) is 0.804. The Morgan fingerprint density at radius 3 is 2.92 bits per heavy atom. The van der Waals surface area contributed by atoms with Gasteiger partial charge in [-0.3, -0.25) is 0 Å². The Balaban J connectivity index is 2.83. The van der Waals surface area contributed by atoms with Crippen LogP contribution in [-0.2, 0) is 6.61 Å². The van der Waals surface area contributed by atoms with Crippen molar-refractivity contribution < 1.29 is 9.52 Å². The first-order valence-corrected chi connectivity index (χ1v) is 4.38. The van der Waals surface area contributed by atoms with Crippen molar-refractivity contribution in [1.29, 1.82) is 0 Å². The summed E-state index contributed by atoms with van der Waals surface area (Å²) in [6, 6.07) is 5.41. The number of aryl methyl sites for hydroxylation is 1. The Bertz CT molecular complexity index is 445. The van der Waals surface area contributed by atoms with Gasteiger partial charge in [0.1, 0.15) is 11.3 Å². The molecule has 13 heavy (non-hydrogen) atoms. The van der Waals surface area contributed by atoms with Crippen LogP contribution in [0, 0.1) is 6.92 Å². The summed E-state index contributed by atoms with van der Waals surface area (Å²) in [7, 11) is 0. The second-order valence-electron chi connectivity index (χ2n) is 2.96. The molecule has 0 saturated carbocycles. The number of aliphatic hydroxyl groups is 1. The Labute approximate surface area is 80.7 Å². The number of hydrogen-bond acceptors (Lipinski definition) is 2. The van der Waals surface area contributed by atoms with Crippen LogP contribution in [0.5, 0.6) is 0 Å². The first kappa shape index (κ1) is 8.60. The van der Waals surface area contributed by atoms with Crippen LogP contribution < -0.4 is 0 Å². The number of furan rings is 1. The lowest BCUT2D eigenvalue weighted by atomic mass is 10.1. The van der Waals surface area contributed by atoms with Crippen molar-refractivity contribution in [2.45, 2.75) is 13.5 Å². The molecule has 0 bridgehead atoms. The van der Waals surface area contributed by atoms with Crippen molar-refractivity contribution >= 4 is 22.6 Å². The van der Waals surface area contributed by atoms with Gasteiger partial charge in [0.05, 0.1) is 11.6 Å². The Hall–Kier alpha value is -0.990. The molecule has 0 fully saturated rings. The van der Waals surface area contributed by atoms with Gasteiger partial charge >= 0.3 is 0 Å². The van der Waals surface area contributed by atoms with Gasteiger partial charge in [-0.1, -0.05) is 17.7 Å². The predicted molar refractivity (Wildman–Crippen MR) is 51.9 cm³/mol. The zero-order chi connectivity index (χ0) is 9.42. The maximum Gasteiger partial charge on any atom is 0.141 e. The summed E-state index contributed by atoms with van der Waals surface area (Å²) in [6.45, 7) is 1.83. The van der Waals surface area contributed by atoms with Gasteiger partial charge < -0.3 is 9.52 Å². The summed E-state index contributed by atoms with van der Waals surface area (Å²) in [6.07, 6.45) is 0.